The predicted molar refractivity (Wildman–Crippen MR) is 85.7 cm³/mol. The molecule has 1 aromatic rings. The standard InChI is InChI=1S/C16H25NO4S/c1-4-21-12-14-6-5-9-17(11-14)22(18,19)15-7-8-16(20-3)13(2)10-15/h7-8,10,14H,4-6,9,11-12H2,1-3H3. The van der Waals surface area contributed by atoms with Gasteiger partial charge in [0, 0.05) is 19.7 Å². The fourth-order valence-electron chi connectivity index (χ4n) is 2.83. The highest BCUT2D eigenvalue weighted by molar-refractivity contribution is 7.89. The van der Waals surface area contributed by atoms with Crippen LogP contribution in [0.5, 0.6) is 5.75 Å². The van der Waals surface area contributed by atoms with Crippen LogP contribution in [0.4, 0.5) is 0 Å². The third-order valence-corrected chi connectivity index (χ3v) is 5.90. The second-order valence-electron chi connectivity index (χ2n) is 5.66. The van der Waals surface area contributed by atoms with Crippen molar-refractivity contribution in [1.82, 2.24) is 4.31 Å². The molecule has 1 atom stereocenters. The van der Waals surface area contributed by atoms with Crippen molar-refractivity contribution in [2.24, 2.45) is 5.92 Å². The van der Waals surface area contributed by atoms with Crippen molar-refractivity contribution >= 4 is 10.0 Å². The largest absolute Gasteiger partial charge is 0.496 e. The Bertz CT molecular complexity index is 600. The van der Waals surface area contributed by atoms with Gasteiger partial charge in [0.1, 0.15) is 5.75 Å². The molecule has 0 radical (unpaired) electrons. The lowest BCUT2D eigenvalue weighted by atomic mass is 10.0. The Morgan fingerprint density at radius 2 is 2.14 bits per heavy atom. The van der Waals surface area contributed by atoms with E-state index >= 15 is 0 Å². The molecule has 1 unspecified atom stereocenters. The third kappa shape index (κ3) is 3.80. The second-order valence-corrected chi connectivity index (χ2v) is 7.60. The van der Waals surface area contributed by atoms with Crippen LogP contribution in [0.15, 0.2) is 23.1 Å². The van der Waals surface area contributed by atoms with E-state index in [0.29, 0.717) is 36.9 Å². The molecule has 0 aliphatic carbocycles. The molecular formula is C16H25NO4S. The number of sulfonamides is 1. The number of piperidine rings is 1. The number of nitrogens with zero attached hydrogens (tertiary/aromatic N) is 1. The van der Waals surface area contributed by atoms with Crippen LogP contribution < -0.4 is 4.74 Å². The van der Waals surface area contributed by atoms with E-state index in [4.69, 9.17) is 9.47 Å². The topological polar surface area (TPSA) is 55.8 Å². The SMILES string of the molecule is CCOCC1CCCN(S(=O)(=O)c2ccc(OC)c(C)c2)C1. The maximum Gasteiger partial charge on any atom is 0.243 e. The summed E-state index contributed by atoms with van der Waals surface area (Å²) >= 11 is 0. The van der Waals surface area contributed by atoms with E-state index in [0.717, 1.165) is 18.4 Å². The summed E-state index contributed by atoms with van der Waals surface area (Å²) in [6.07, 6.45) is 1.90. The van der Waals surface area contributed by atoms with Gasteiger partial charge in [0.15, 0.2) is 0 Å². The minimum atomic E-state index is -3.45. The number of aryl methyl sites for hydroxylation is 1. The van der Waals surface area contributed by atoms with Gasteiger partial charge in [0.2, 0.25) is 10.0 Å². The summed E-state index contributed by atoms with van der Waals surface area (Å²) in [7, 11) is -1.86. The molecule has 1 aliphatic rings. The molecule has 5 nitrogen and oxygen atoms in total. The zero-order chi connectivity index (χ0) is 16.2. The van der Waals surface area contributed by atoms with Crippen molar-refractivity contribution < 1.29 is 17.9 Å². The van der Waals surface area contributed by atoms with Gasteiger partial charge >= 0.3 is 0 Å². The van der Waals surface area contributed by atoms with Crippen LogP contribution >= 0.6 is 0 Å². The van der Waals surface area contributed by atoms with E-state index in [1.807, 2.05) is 13.8 Å². The van der Waals surface area contributed by atoms with Gasteiger partial charge in [0.05, 0.1) is 18.6 Å². The second kappa shape index (κ2) is 7.44. The molecule has 1 aliphatic heterocycles. The number of methoxy groups -OCH3 is 1. The monoisotopic (exact) mass is 327 g/mol. The van der Waals surface area contributed by atoms with E-state index in [1.165, 1.54) is 0 Å². The number of hydrogen-bond donors (Lipinski definition) is 0. The van der Waals surface area contributed by atoms with E-state index in [-0.39, 0.29) is 5.92 Å². The highest BCUT2D eigenvalue weighted by Crippen LogP contribution is 2.27. The molecule has 0 spiro atoms. The first-order valence-electron chi connectivity index (χ1n) is 7.71. The van der Waals surface area contributed by atoms with Crippen molar-refractivity contribution in [3.05, 3.63) is 23.8 Å². The van der Waals surface area contributed by atoms with E-state index < -0.39 is 10.0 Å². The molecular weight excluding hydrogens is 302 g/mol. The van der Waals surface area contributed by atoms with Crippen LogP contribution in [0.2, 0.25) is 0 Å². The minimum absolute atomic E-state index is 0.280. The van der Waals surface area contributed by atoms with Gasteiger partial charge < -0.3 is 9.47 Å². The minimum Gasteiger partial charge on any atom is -0.496 e. The molecule has 2 rings (SSSR count). The quantitative estimate of drug-likeness (QED) is 0.805. The summed E-state index contributed by atoms with van der Waals surface area (Å²) in [4.78, 5) is 0.336. The number of ether oxygens (including phenoxy) is 2. The number of hydrogen-bond acceptors (Lipinski definition) is 4. The predicted octanol–water partition coefficient (Wildman–Crippen LogP) is 2.44. The average molecular weight is 327 g/mol. The Hall–Kier alpha value is -1.11. The molecule has 1 fully saturated rings. The van der Waals surface area contributed by atoms with Crippen molar-refractivity contribution in [3.8, 4) is 5.75 Å². The lowest BCUT2D eigenvalue weighted by Crippen LogP contribution is -2.41. The van der Waals surface area contributed by atoms with Gasteiger partial charge in [0.25, 0.3) is 0 Å². The third-order valence-electron chi connectivity index (χ3n) is 4.04. The van der Waals surface area contributed by atoms with Gasteiger partial charge in [-0.3, -0.25) is 0 Å². The Balaban J connectivity index is 2.17. The molecule has 1 saturated heterocycles. The smallest absolute Gasteiger partial charge is 0.243 e. The van der Waals surface area contributed by atoms with Crippen LogP contribution in [-0.2, 0) is 14.8 Å². The summed E-state index contributed by atoms with van der Waals surface area (Å²) in [6.45, 7) is 6.22. The summed E-state index contributed by atoms with van der Waals surface area (Å²) in [6, 6.07) is 5.01. The van der Waals surface area contributed by atoms with Crippen LogP contribution in [-0.4, -0.2) is 46.1 Å². The molecule has 0 saturated carbocycles. The van der Waals surface area contributed by atoms with Crippen LogP contribution in [0.3, 0.4) is 0 Å². The Morgan fingerprint density at radius 1 is 1.36 bits per heavy atom. The van der Waals surface area contributed by atoms with E-state index in [9.17, 15) is 8.42 Å². The van der Waals surface area contributed by atoms with Gasteiger partial charge in [-0.1, -0.05) is 0 Å². The number of benzene rings is 1. The molecule has 0 N–H and O–H groups in total. The van der Waals surface area contributed by atoms with Crippen LogP contribution in [0, 0.1) is 12.8 Å². The molecule has 1 aromatic carbocycles. The number of rotatable bonds is 6. The summed E-state index contributed by atoms with van der Waals surface area (Å²) in [5.74, 6) is 0.981. The average Bonchev–Trinajstić information content (AvgIpc) is 2.53. The van der Waals surface area contributed by atoms with Crippen LogP contribution in [0.1, 0.15) is 25.3 Å². The van der Waals surface area contributed by atoms with Gasteiger partial charge in [-0.2, -0.15) is 4.31 Å². The summed E-state index contributed by atoms with van der Waals surface area (Å²) < 4.78 is 37.8. The maximum atomic E-state index is 12.8. The van der Waals surface area contributed by atoms with Gasteiger partial charge in [-0.15, -0.1) is 0 Å². The van der Waals surface area contributed by atoms with Crippen molar-refractivity contribution in [2.75, 3.05) is 33.4 Å². The van der Waals surface area contributed by atoms with E-state index in [2.05, 4.69) is 0 Å². The summed E-state index contributed by atoms with van der Waals surface area (Å²) in [5.41, 5.74) is 0.825. The fourth-order valence-corrected chi connectivity index (χ4v) is 4.47. The first-order valence-corrected chi connectivity index (χ1v) is 9.15. The highest BCUT2D eigenvalue weighted by atomic mass is 32.2. The molecule has 1 heterocycles. The van der Waals surface area contributed by atoms with Gasteiger partial charge in [-0.25, -0.2) is 8.42 Å². The molecule has 0 bridgehead atoms. The Kier molecular flexibility index (Phi) is 5.83. The van der Waals surface area contributed by atoms with Crippen molar-refractivity contribution in [3.63, 3.8) is 0 Å². The first-order chi connectivity index (χ1) is 10.5. The van der Waals surface area contributed by atoms with Crippen molar-refractivity contribution in [1.29, 1.82) is 0 Å². The van der Waals surface area contributed by atoms with Crippen LogP contribution in [0.25, 0.3) is 0 Å². The summed E-state index contributed by atoms with van der Waals surface area (Å²) in [5, 5.41) is 0. The maximum absolute atomic E-state index is 12.8. The molecule has 124 valence electrons. The Labute approximate surface area is 133 Å². The van der Waals surface area contributed by atoms with Gasteiger partial charge in [-0.05, 0) is 56.4 Å². The first kappa shape index (κ1) is 17.2. The van der Waals surface area contributed by atoms with E-state index in [1.54, 1.807) is 29.6 Å². The molecule has 6 heteroatoms. The fraction of sp³-hybridized carbons (Fsp3) is 0.625. The molecule has 0 amide bonds. The lowest BCUT2D eigenvalue weighted by molar-refractivity contribution is 0.0864. The van der Waals surface area contributed by atoms with Crippen molar-refractivity contribution in [2.45, 2.75) is 31.6 Å². The molecule has 0 aromatic heterocycles. The molecule has 22 heavy (non-hydrogen) atoms. The highest BCUT2D eigenvalue weighted by Gasteiger charge is 2.30. The zero-order valence-electron chi connectivity index (χ0n) is 13.5. The normalized spacial score (nSPS) is 20.0. The lowest BCUT2D eigenvalue weighted by Gasteiger charge is -2.31. The zero-order valence-corrected chi connectivity index (χ0v) is 14.4. The Morgan fingerprint density at radius 3 is 2.77 bits per heavy atom.